The van der Waals surface area contributed by atoms with Gasteiger partial charge in [0.25, 0.3) is 0 Å². The van der Waals surface area contributed by atoms with E-state index in [1.165, 1.54) is 77.0 Å². The van der Waals surface area contributed by atoms with Crippen LogP contribution in [0.3, 0.4) is 0 Å². The maximum absolute atomic E-state index is 11.8. The van der Waals surface area contributed by atoms with Gasteiger partial charge in [0.1, 0.15) is 0 Å². The molecule has 0 aromatic rings. The summed E-state index contributed by atoms with van der Waals surface area (Å²) in [6.07, 6.45) is 23.9. The lowest BCUT2D eigenvalue weighted by Crippen LogP contribution is -2.15. The zero-order valence-electron chi connectivity index (χ0n) is 19.1. The van der Waals surface area contributed by atoms with Gasteiger partial charge in [-0.3, -0.25) is 9.59 Å². The summed E-state index contributed by atoms with van der Waals surface area (Å²) in [6.45, 7) is 4.10. The molecule has 0 amide bonds. The summed E-state index contributed by atoms with van der Waals surface area (Å²) in [5.41, 5.74) is 0. The molecule has 1 unspecified atom stereocenters. The molecular formula is C25H46O4. The summed E-state index contributed by atoms with van der Waals surface area (Å²) in [5, 5.41) is 8.61. The molecule has 0 aliphatic rings. The Morgan fingerprint density at radius 3 is 1.83 bits per heavy atom. The molecule has 0 saturated heterocycles. The summed E-state index contributed by atoms with van der Waals surface area (Å²) in [6, 6.07) is 0. The maximum atomic E-state index is 11.8. The smallest absolute Gasteiger partial charge is 0.306 e. The second kappa shape index (κ2) is 21.4. The molecule has 0 heterocycles. The number of carbonyl (C=O) groups is 2. The Hall–Kier alpha value is -1.32. The monoisotopic (exact) mass is 410 g/mol. The number of carboxylic acids is 1. The van der Waals surface area contributed by atoms with Crippen LogP contribution in [0.1, 0.15) is 129 Å². The summed E-state index contributed by atoms with van der Waals surface area (Å²) >= 11 is 0. The van der Waals surface area contributed by atoms with Gasteiger partial charge in [-0.2, -0.15) is 0 Å². The summed E-state index contributed by atoms with van der Waals surface area (Å²) in [4.78, 5) is 22.2. The number of hydrogen-bond acceptors (Lipinski definition) is 3. The van der Waals surface area contributed by atoms with Crippen LogP contribution in [0.5, 0.6) is 0 Å². The quantitative estimate of drug-likeness (QED) is 0.120. The average Bonchev–Trinajstić information content (AvgIpc) is 2.67. The number of esters is 1. The Morgan fingerprint density at radius 1 is 0.759 bits per heavy atom. The lowest BCUT2D eigenvalue weighted by Gasteiger charge is -2.12. The zero-order valence-corrected chi connectivity index (χ0v) is 19.1. The van der Waals surface area contributed by atoms with Crippen molar-refractivity contribution in [3.8, 4) is 0 Å². The largest absolute Gasteiger partial charge is 0.481 e. The van der Waals surface area contributed by atoms with E-state index in [9.17, 15) is 9.59 Å². The number of ether oxygens (including phenoxy) is 1. The maximum Gasteiger partial charge on any atom is 0.306 e. The van der Waals surface area contributed by atoms with Crippen molar-refractivity contribution in [1.29, 1.82) is 0 Å². The van der Waals surface area contributed by atoms with Gasteiger partial charge in [0.05, 0.1) is 6.10 Å². The highest BCUT2D eigenvalue weighted by Crippen LogP contribution is 2.12. The van der Waals surface area contributed by atoms with Gasteiger partial charge >= 0.3 is 11.9 Å². The van der Waals surface area contributed by atoms with Crippen LogP contribution in [-0.4, -0.2) is 23.1 Å². The van der Waals surface area contributed by atoms with Crippen LogP contribution in [0.2, 0.25) is 0 Å². The molecule has 0 bridgehead atoms. The van der Waals surface area contributed by atoms with Crippen molar-refractivity contribution in [3.05, 3.63) is 12.2 Å². The number of hydrogen-bond donors (Lipinski definition) is 1. The minimum atomic E-state index is -0.799. The highest BCUT2D eigenvalue weighted by Gasteiger charge is 2.09. The van der Waals surface area contributed by atoms with Gasteiger partial charge in [-0.15, -0.1) is 0 Å². The highest BCUT2D eigenvalue weighted by atomic mass is 16.5. The van der Waals surface area contributed by atoms with Crippen LogP contribution in [0.15, 0.2) is 12.2 Å². The van der Waals surface area contributed by atoms with E-state index >= 15 is 0 Å². The molecule has 0 aliphatic carbocycles. The first-order valence-corrected chi connectivity index (χ1v) is 12.1. The van der Waals surface area contributed by atoms with Crippen LogP contribution < -0.4 is 0 Å². The van der Waals surface area contributed by atoms with Crippen molar-refractivity contribution in [2.45, 2.75) is 136 Å². The second-order valence-electron chi connectivity index (χ2n) is 8.27. The third kappa shape index (κ3) is 22.8. The Morgan fingerprint density at radius 2 is 1.28 bits per heavy atom. The van der Waals surface area contributed by atoms with E-state index in [2.05, 4.69) is 19.1 Å². The Balaban J connectivity index is 3.33. The van der Waals surface area contributed by atoms with Crippen molar-refractivity contribution < 1.29 is 19.4 Å². The summed E-state index contributed by atoms with van der Waals surface area (Å²) < 4.78 is 5.32. The molecule has 170 valence electrons. The van der Waals surface area contributed by atoms with E-state index in [1.807, 2.05) is 6.92 Å². The number of aliphatic carboxylic acids is 1. The van der Waals surface area contributed by atoms with E-state index in [4.69, 9.17) is 9.84 Å². The van der Waals surface area contributed by atoms with E-state index in [0.29, 0.717) is 19.3 Å². The fourth-order valence-corrected chi connectivity index (χ4v) is 3.40. The lowest BCUT2D eigenvalue weighted by molar-refractivity contribution is -0.148. The SMILES string of the molecule is CCCCCCCCC/C=C\CCCCCCCC(=O)OC(C)CCCC(=O)O. The predicted octanol–water partition coefficient (Wildman–Crippen LogP) is 7.60. The third-order valence-electron chi connectivity index (χ3n) is 5.23. The topological polar surface area (TPSA) is 63.6 Å². The number of unbranched alkanes of at least 4 members (excludes halogenated alkanes) is 12. The third-order valence-corrected chi connectivity index (χ3v) is 5.23. The van der Waals surface area contributed by atoms with Crippen LogP contribution in [0, 0.1) is 0 Å². The number of carbonyl (C=O) groups excluding carboxylic acids is 1. The Kier molecular flexibility index (Phi) is 20.4. The number of carboxylic acid groups (broad SMARTS) is 1. The van der Waals surface area contributed by atoms with Crippen molar-refractivity contribution in [3.63, 3.8) is 0 Å². The van der Waals surface area contributed by atoms with Crippen LogP contribution in [-0.2, 0) is 14.3 Å². The van der Waals surface area contributed by atoms with Gasteiger partial charge in [-0.25, -0.2) is 0 Å². The molecule has 0 aromatic carbocycles. The molecule has 4 heteroatoms. The number of allylic oxidation sites excluding steroid dienone is 2. The molecule has 0 aliphatic heterocycles. The molecule has 1 atom stereocenters. The molecule has 0 radical (unpaired) electrons. The zero-order chi connectivity index (χ0) is 21.6. The minimum Gasteiger partial charge on any atom is -0.481 e. The Bertz CT molecular complexity index is 417. The number of rotatable bonds is 21. The van der Waals surface area contributed by atoms with E-state index < -0.39 is 5.97 Å². The summed E-state index contributed by atoms with van der Waals surface area (Å²) in [5.74, 6) is -0.951. The van der Waals surface area contributed by atoms with Crippen molar-refractivity contribution in [2.24, 2.45) is 0 Å². The molecule has 29 heavy (non-hydrogen) atoms. The fraction of sp³-hybridized carbons (Fsp3) is 0.840. The van der Waals surface area contributed by atoms with E-state index in [-0.39, 0.29) is 18.5 Å². The van der Waals surface area contributed by atoms with Gasteiger partial charge in [0, 0.05) is 12.8 Å². The Labute approximate surface area is 179 Å². The molecular weight excluding hydrogens is 364 g/mol. The molecule has 1 N–H and O–H groups in total. The highest BCUT2D eigenvalue weighted by molar-refractivity contribution is 5.69. The first-order valence-electron chi connectivity index (χ1n) is 12.1. The van der Waals surface area contributed by atoms with Crippen molar-refractivity contribution >= 4 is 11.9 Å². The standard InChI is InChI=1S/C25H46O4/c1-3-4-5-6-7-8-9-10-11-12-13-14-15-16-17-18-22-25(28)29-23(2)20-19-21-24(26)27/h11-12,23H,3-10,13-22H2,1-2H3,(H,26,27)/b12-11-. The first kappa shape index (κ1) is 27.7. The van der Waals surface area contributed by atoms with Crippen molar-refractivity contribution in [2.75, 3.05) is 0 Å². The van der Waals surface area contributed by atoms with Crippen molar-refractivity contribution in [1.82, 2.24) is 0 Å². The van der Waals surface area contributed by atoms with Gasteiger partial charge in [-0.05, 0) is 51.9 Å². The molecule has 0 aromatic heterocycles. The summed E-state index contributed by atoms with van der Waals surface area (Å²) in [7, 11) is 0. The average molecular weight is 411 g/mol. The van der Waals surface area contributed by atoms with Crippen LogP contribution in [0.4, 0.5) is 0 Å². The van der Waals surface area contributed by atoms with Gasteiger partial charge in [0.15, 0.2) is 0 Å². The van der Waals surface area contributed by atoms with E-state index in [0.717, 1.165) is 12.8 Å². The molecule has 0 spiro atoms. The van der Waals surface area contributed by atoms with Gasteiger partial charge in [-0.1, -0.05) is 76.9 Å². The predicted molar refractivity (Wildman–Crippen MR) is 121 cm³/mol. The van der Waals surface area contributed by atoms with Crippen LogP contribution in [0.25, 0.3) is 0 Å². The van der Waals surface area contributed by atoms with E-state index in [1.54, 1.807) is 0 Å². The molecule has 0 saturated carbocycles. The normalized spacial score (nSPS) is 12.3. The van der Waals surface area contributed by atoms with Gasteiger partial charge in [0.2, 0.25) is 0 Å². The minimum absolute atomic E-state index is 0.135. The van der Waals surface area contributed by atoms with Crippen LogP contribution >= 0.6 is 0 Å². The van der Waals surface area contributed by atoms with Gasteiger partial charge < -0.3 is 9.84 Å². The fourth-order valence-electron chi connectivity index (χ4n) is 3.40. The molecule has 0 fully saturated rings. The second-order valence-corrected chi connectivity index (χ2v) is 8.27. The molecule has 0 rings (SSSR count). The molecule has 4 nitrogen and oxygen atoms in total. The lowest BCUT2D eigenvalue weighted by atomic mass is 10.1. The first-order chi connectivity index (χ1) is 14.1.